The van der Waals surface area contributed by atoms with Gasteiger partial charge in [0.25, 0.3) is 0 Å². The van der Waals surface area contributed by atoms with Gasteiger partial charge in [0, 0.05) is 6.54 Å². The number of carbonyl (C=O) groups excluding carboxylic acids is 1. The predicted octanol–water partition coefficient (Wildman–Crippen LogP) is 5.63. The van der Waals surface area contributed by atoms with E-state index in [9.17, 15) is 23.2 Å². The van der Waals surface area contributed by atoms with E-state index in [1.54, 1.807) is 26.0 Å². The molecule has 0 saturated heterocycles. The number of benzene rings is 1. The van der Waals surface area contributed by atoms with Crippen molar-refractivity contribution in [3.05, 3.63) is 51.8 Å². The Morgan fingerprint density at radius 3 is 2.25 bits per heavy atom. The molecule has 6 nitrogen and oxygen atoms in total. The van der Waals surface area contributed by atoms with Gasteiger partial charge in [-0.2, -0.15) is 23.5 Å². The van der Waals surface area contributed by atoms with Crippen LogP contribution in [-0.4, -0.2) is 28.7 Å². The molecule has 172 valence electrons. The minimum atomic E-state index is -5.17. The Bertz CT molecular complexity index is 1060. The Hall–Kier alpha value is -2.99. The topological polar surface area (TPSA) is 77.1 Å². The molecule has 0 aliphatic heterocycles. The standard InChI is InChI=1S/C22H23ClF3N3O3/c1-6-29-18(17(23)13(2)28-29)19(31-12-32-20(30)22(24,25)26)16(11-27)14-7-9-15(10-8-14)21(3,4)5/h7-10H,6,12H2,1-5H3/b19-16-. The van der Waals surface area contributed by atoms with Crippen LogP contribution in [0.15, 0.2) is 24.3 Å². The minimum absolute atomic E-state index is 0.00465. The molecule has 0 amide bonds. The number of esters is 1. The third-order valence-corrected chi connectivity index (χ3v) is 5.02. The van der Waals surface area contributed by atoms with Crippen molar-refractivity contribution < 1.29 is 27.4 Å². The zero-order valence-electron chi connectivity index (χ0n) is 18.3. The van der Waals surface area contributed by atoms with Crippen LogP contribution in [0.3, 0.4) is 0 Å². The van der Waals surface area contributed by atoms with Crippen LogP contribution in [-0.2, 0) is 26.2 Å². The van der Waals surface area contributed by atoms with Crippen molar-refractivity contribution in [2.45, 2.75) is 52.8 Å². The molecule has 0 atom stereocenters. The van der Waals surface area contributed by atoms with E-state index in [2.05, 4.69) is 9.84 Å². The van der Waals surface area contributed by atoms with E-state index in [4.69, 9.17) is 16.3 Å². The number of carbonyl (C=O) groups is 1. The number of aromatic nitrogens is 2. The van der Waals surface area contributed by atoms with Gasteiger partial charge in [-0.05, 0) is 30.4 Å². The lowest BCUT2D eigenvalue weighted by molar-refractivity contribution is -0.206. The first-order chi connectivity index (χ1) is 14.8. The van der Waals surface area contributed by atoms with E-state index < -0.39 is 18.9 Å². The van der Waals surface area contributed by atoms with Crippen LogP contribution in [0.1, 0.15) is 50.2 Å². The van der Waals surface area contributed by atoms with Crippen molar-refractivity contribution in [3.63, 3.8) is 0 Å². The summed E-state index contributed by atoms with van der Waals surface area (Å²) in [6.45, 7) is 8.81. The van der Waals surface area contributed by atoms with E-state index in [0.717, 1.165) is 5.56 Å². The second-order valence-electron chi connectivity index (χ2n) is 7.90. The number of nitriles is 1. The second-order valence-corrected chi connectivity index (χ2v) is 8.28. The van der Waals surface area contributed by atoms with Crippen LogP contribution < -0.4 is 0 Å². The summed E-state index contributed by atoms with van der Waals surface area (Å²) in [5, 5.41) is 14.3. The van der Waals surface area contributed by atoms with Crippen molar-refractivity contribution in [1.82, 2.24) is 9.78 Å². The van der Waals surface area contributed by atoms with Gasteiger partial charge in [0.1, 0.15) is 17.3 Å². The smallest absolute Gasteiger partial charge is 0.454 e. The second kappa shape index (κ2) is 9.65. The molecule has 2 aromatic rings. The van der Waals surface area contributed by atoms with Crippen molar-refractivity contribution in [2.75, 3.05) is 6.79 Å². The molecular weight excluding hydrogens is 447 g/mol. The Morgan fingerprint density at radius 1 is 1.19 bits per heavy atom. The lowest BCUT2D eigenvalue weighted by Gasteiger charge is -2.19. The third kappa shape index (κ3) is 5.62. The maximum atomic E-state index is 12.5. The number of hydrogen-bond acceptors (Lipinski definition) is 5. The van der Waals surface area contributed by atoms with E-state index in [1.807, 2.05) is 39.0 Å². The highest BCUT2D eigenvalue weighted by Crippen LogP contribution is 2.34. The van der Waals surface area contributed by atoms with E-state index >= 15 is 0 Å². The number of allylic oxidation sites excluding steroid dienone is 1. The zero-order chi connectivity index (χ0) is 24.3. The normalized spacial score (nSPS) is 12.8. The number of rotatable bonds is 6. The van der Waals surface area contributed by atoms with Crippen LogP contribution in [0.4, 0.5) is 13.2 Å². The van der Waals surface area contributed by atoms with Crippen LogP contribution in [0.25, 0.3) is 11.3 Å². The number of ether oxygens (including phenoxy) is 2. The molecular formula is C22H23ClF3N3O3. The monoisotopic (exact) mass is 469 g/mol. The van der Waals surface area contributed by atoms with Gasteiger partial charge < -0.3 is 9.47 Å². The number of halogens is 4. The first kappa shape index (κ1) is 25.3. The van der Waals surface area contributed by atoms with Gasteiger partial charge in [-0.15, -0.1) is 0 Å². The molecule has 1 aromatic carbocycles. The highest BCUT2D eigenvalue weighted by molar-refractivity contribution is 6.33. The average Bonchev–Trinajstić information content (AvgIpc) is 3.00. The molecule has 0 radical (unpaired) electrons. The molecule has 1 aromatic heterocycles. The van der Waals surface area contributed by atoms with Gasteiger partial charge in [0.2, 0.25) is 6.79 Å². The predicted molar refractivity (Wildman–Crippen MR) is 113 cm³/mol. The lowest BCUT2D eigenvalue weighted by atomic mass is 9.86. The maximum absolute atomic E-state index is 12.5. The third-order valence-electron chi connectivity index (χ3n) is 4.57. The van der Waals surface area contributed by atoms with Gasteiger partial charge in [0.15, 0.2) is 5.76 Å². The summed E-state index contributed by atoms with van der Waals surface area (Å²) >= 11 is 6.38. The minimum Gasteiger partial charge on any atom is -0.454 e. The first-order valence-electron chi connectivity index (χ1n) is 9.66. The molecule has 0 fully saturated rings. The Morgan fingerprint density at radius 2 is 1.78 bits per heavy atom. The fourth-order valence-electron chi connectivity index (χ4n) is 2.87. The summed E-state index contributed by atoms with van der Waals surface area (Å²) in [6, 6.07) is 9.13. The molecule has 0 aliphatic carbocycles. The van der Waals surface area contributed by atoms with Crippen LogP contribution in [0, 0.1) is 18.3 Å². The van der Waals surface area contributed by atoms with Crippen LogP contribution in [0.5, 0.6) is 0 Å². The zero-order valence-corrected chi connectivity index (χ0v) is 19.1. The summed E-state index contributed by atoms with van der Waals surface area (Å²) in [6.07, 6.45) is -5.17. The largest absolute Gasteiger partial charge is 0.491 e. The summed E-state index contributed by atoms with van der Waals surface area (Å²) in [4.78, 5) is 11.1. The van der Waals surface area contributed by atoms with E-state index in [-0.39, 0.29) is 27.5 Å². The highest BCUT2D eigenvalue weighted by Gasteiger charge is 2.41. The van der Waals surface area contributed by atoms with Gasteiger partial charge in [-0.1, -0.05) is 56.6 Å². The fraction of sp³-hybridized carbons (Fsp3) is 0.409. The summed E-state index contributed by atoms with van der Waals surface area (Å²) in [5.74, 6) is -2.55. The van der Waals surface area contributed by atoms with Gasteiger partial charge >= 0.3 is 12.1 Å². The SMILES string of the molecule is CCn1nc(C)c(Cl)c1/C(OCOC(=O)C(F)(F)F)=C(\C#N)c1ccc(C(C)(C)C)cc1. The summed E-state index contributed by atoms with van der Waals surface area (Å²) < 4.78 is 48.5. The Labute approximate surface area is 189 Å². The van der Waals surface area contributed by atoms with E-state index in [0.29, 0.717) is 17.8 Å². The number of nitrogens with zero attached hydrogens (tertiary/aromatic N) is 3. The van der Waals surface area contributed by atoms with Crippen molar-refractivity contribution in [3.8, 4) is 6.07 Å². The summed E-state index contributed by atoms with van der Waals surface area (Å²) in [5.41, 5.74) is 2.00. The van der Waals surface area contributed by atoms with Gasteiger partial charge in [0.05, 0.1) is 10.7 Å². The van der Waals surface area contributed by atoms with Crippen molar-refractivity contribution in [1.29, 1.82) is 5.26 Å². The molecule has 0 aliphatic rings. The molecule has 0 saturated carbocycles. The van der Waals surface area contributed by atoms with Crippen LogP contribution >= 0.6 is 11.6 Å². The van der Waals surface area contributed by atoms with Crippen LogP contribution in [0.2, 0.25) is 5.02 Å². The lowest BCUT2D eigenvalue weighted by Crippen LogP contribution is -2.26. The average molecular weight is 470 g/mol. The molecule has 0 bridgehead atoms. The molecule has 2 rings (SSSR count). The molecule has 32 heavy (non-hydrogen) atoms. The highest BCUT2D eigenvalue weighted by atomic mass is 35.5. The van der Waals surface area contributed by atoms with Gasteiger partial charge in [-0.25, -0.2) is 4.79 Å². The summed E-state index contributed by atoms with van der Waals surface area (Å²) in [7, 11) is 0. The molecule has 1 heterocycles. The van der Waals surface area contributed by atoms with Crippen molar-refractivity contribution >= 4 is 28.9 Å². The molecule has 0 spiro atoms. The molecule has 10 heteroatoms. The number of alkyl halides is 3. The Kier molecular flexibility index (Phi) is 7.62. The Balaban J connectivity index is 2.59. The van der Waals surface area contributed by atoms with Gasteiger partial charge in [-0.3, -0.25) is 4.68 Å². The molecule has 0 N–H and O–H groups in total. The maximum Gasteiger partial charge on any atom is 0.491 e. The fourth-order valence-corrected chi connectivity index (χ4v) is 3.09. The number of aryl methyl sites for hydroxylation is 2. The quantitative estimate of drug-likeness (QED) is 0.237. The van der Waals surface area contributed by atoms with E-state index in [1.165, 1.54) is 4.68 Å². The number of hydrogen-bond donors (Lipinski definition) is 0. The molecule has 0 unspecified atom stereocenters. The first-order valence-corrected chi connectivity index (χ1v) is 10.0. The van der Waals surface area contributed by atoms with Crippen molar-refractivity contribution in [2.24, 2.45) is 0 Å².